The number of amides is 2. The Morgan fingerprint density at radius 3 is 2.58 bits per heavy atom. The predicted molar refractivity (Wildman–Crippen MR) is 131 cm³/mol. The number of halogens is 3. The van der Waals surface area contributed by atoms with Crippen LogP contribution in [0.3, 0.4) is 0 Å². The van der Waals surface area contributed by atoms with Crippen LogP contribution < -0.4 is 10.1 Å². The third-order valence-corrected chi connectivity index (χ3v) is 5.77. The van der Waals surface area contributed by atoms with Crippen LogP contribution in [0.2, 0.25) is 0 Å². The third kappa shape index (κ3) is 7.07. The molecule has 2 amide bonds. The summed E-state index contributed by atoms with van der Waals surface area (Å²) in [5, 5.41) is 9.98. The van der Waals surface area contributed by atoms with E-state index in [2.05, 4.69) is 42.2 Å². The Morgan fingerprint density at radius 2 is 1.92 bits per heavy atom. The lowest BCUT2D eigenvalue weighted by Crippen LogP contribution is -2.48. The zero-order chi connectivity index (χ0) is 27.1. The van der Waals surface area contributed by atoms with Gasteiger partial charge in [-0.3, -0.25) is 14.5 Å². The molecule has 2 N–H and O–H groups in total. The summed E-state index contributed by atoms with van der Waals surface area (Å²) in [6.07, 6.45) is -1.02. The van der Waals surface area contributed by atoms with E-state index in [-0.39, 0.29) is 24.0 Å². The molecule has 3 aromatic rings. The van der Waals surface area contributed by atoms with Crippen molar-refractivity contribution in [2.45, 2.75) is 13.1 Å². The first-order valence-electron chi connectivity index (χ1n) is 11.7. The lowest BCUT2D eigenvalue weighted by Gasteiger charge is -2.34. The molecule has 1 saturated heterocycles. The van der Waals surface area contributed by atoms with Crippen molar-refractivity contribution < 1.29 is 27.5 Å². The smallest absolute Gasteiger partial charge is 0.432 e. The largest absolute Gasteiger partial charge is 0.490 e. The molecule has 0 bridgehead atoms. The van der Waals surface area contributed by atoms with Crippen molar-refractivity contribution >= 4 is 17.5 Å². The SMILES string of the molecule is CC(=O)N1CCN(CCOc2ccc(-c3ncc(C(F)(F)F)[nH]3)cc2NC(=O)C#Cc2ccnnc2)CC1. The van der Waals surface area contributed by atoms with E-state index in [4.69, 9.17) is 4.74 Å². The van der Waals surface area contributed by atoms with Crippen LogP contribution in [0, 0.1) is 11.8 Å². The normalized spacial score (nSPS) is 13.9. The second-order valence-electron chi connectivity index (χ2n) is 8.39. The van der Waals surface area contributed by atoms with E-state index in [0.29, 0.717) is 55.8 Å². The summed E-state index contributed by atoms with van der Waals surface area (Å²) in [4.78, 5) is 34.1. The second kappa shape index (κ2) is 11.7. The van der Waals surface area contributed by atoms with Gasteiger partial charge in [0, 0.05) is 56.7 Å². The second-order valence-corrected chi connectivity index (χ2v) is 8.39. The number of carbonyl (C=O) groups is 2. The van der Waals surface area contributed by atoms with E-state index in [9.17, 15) is 22.8 Å². The minimum Gasteiger partial charge on any atom is -0.490 e. The number of anilines is 1. The van der Waals surface area contributed by atoms with Gasteiger partial charge < -0.3 is 19.9 Å². The van der Waals surface area contributed by atoms with Crippen molar-refractivity contribution in [3.8, 4) is 29.0 Å². The zero-order valence-electron chi connectivity index (χ0n) is 20.4. The summed E-state index contributed by atoms with van der Waals surface area (Å²) >= 11 is 0. The molecule has 2 aromatic heterocycles. The molecule has 1 fully saturated rings. The summed E-state index contributed by atoms with van der Waals surface area (Å²) in [6, 6.07) is 6.15. The van der Waals surface area contributed by atoms with E-state index in [0.717, 1.165) is 0 Å². The van der Waals surface area contributed by atoms with Crippen LogP contribution in [0.5, 0.6) is 5.75 Å². The molecular formula is C25H24F3N7O3. The molecule has 10 nitrogen and oxygen atoms in total. The fourth-order valence-electron chi connectivity index (χ4n) is 3.73. The average molecular weight is 528 g/mol. The Labute approximate surface area is 216 Å². The molecule has 4 rings (SSSR count). The van der Waals surface area contributed by atoms with Crippen LogP contribution in [-0.2, 0) is 15.8 Å². The third-order valence-electron chi connectivity index (χ3n) is 5.77. The van der Waals surface area contributed by atoms with Gasteiger partial charge in [-0.05, 0) is 24.3 Å². The zero-order valence-corrected chi connectivity index (χ0v) is 20.4. The fraction of sp³-hybridized carbons (Fsp3) is 0.320. The molecule has 1 aromatic carbocycles. The van der Waals surface area contributed by atoms with Crippen LogP contribution in [-0.4, -0.2) is 81.1 Å². The molecule has 198 valence electrons. The first kappa shape index (κ1) is 26.6. The lowest BCUT2D eigenvalue weighted by molar-refractivity contribution is -0.140. The van der Waals surface area contributed by atoms with E-state index >= 15 is 0 Å². The van der Waals surface area contributed by atoms with Gasteiger partial charge in [-0.15, -0.1) is 0 Å². The summed E-state index contributed by atoms with van der Waals surface area (Å²) in [7, 11) is 0. The van der Waals surface area contributed by atoms with Gasteiger partial charge in [-0.2, -0.15) is 23.4 Å². The van der Waals surface area contributed by atoms with Gasteiger partial charge in [0.2, 0.25) is 5.91 Å². The summed E-state index contributed by atoms with van der Waals surface area (Å²) in [5.74, 6) is 4.80. The standard InChI is InChI=1S/C25H24F3N7O3/c1-17(36)35-10-8-34(9-11-35)12-13-38-21-4-3-19(24-29-16-22(33-24)25(26,27)28)14-20(21)32-23(37)5-2-18-6-7-30-31-15-18/h3-4,6-7,14-16H,8-13H2,1H3,(H,29,33)(H,32,37). The fourth-order valence-corrected chi connectivity index (χ4v) is 3.73. The van der Waals surface area contributed by atoms with Crippen molar-refractivity contribution in [2.24, 2.45) is 0 Å². The highest BCUT2D eigenvalue weighted by atomic mass is 19.4. The van der Waals surface area contributed by atoms with Crippen molar-refractivity contribution in [1.82, 2.24) is 30.0 Å². The molecule has 3 heterocycles. The van der Waals surface area contributed by atoms with Gasteiger partial charge in [-0.25, -0.2) is 4.98 Å². The Hall–Kier alpha value is -4.44. The lowest BCUT2D eigenvalue weighted by atomic mass is 10.1. The predicted octanol–water partition coefficient (Wildman–Crippen LogP) is 2.42. The first-order chi connectivity index (χ1) is 18.2. The highest BCUT2D eigenvalue weighted by Gasteiger charge is 2.33. The number of rotatable bonds is 6. The Kier molecular flexibility index (Phi) is 8.22. The topological polar surface area (TPSA) is 116 Å². The number of aromatic amines is 1. The van der Waals surface area contributed by atoms with Gasteiger partial charge >= 0.3 is 12.1 Å². The highest BCUT2D eigenvalue weighted by molar-refractivity contribution is 6.05. The van der Waals surface area contributed by atoms with Crippen LogP contribution >= 0.6 is 0 Å². The van der Waals surface area contributed by atoms with Crippen molar-refractivity contribution in [1.29, 1.82) is 0 Å². The van der Waals surface area contributed by atoms with E-state index in [1.54, 1.807) is 30.0 Å². The number of piperazine rings is 1. The van der Waals surface area contributed by atoms with Gasteiger partial charge in [0.1, 0.15) is 23.9 Å². The van der Waals surface area contributed by atoms with Crippen LogP contribution in [0.25, 0.3) is 11.4 Å². The van der Waals surface area contributed by atoms with Crippen molar-refractivity contribution in [2.75, 3.05) is 44.6 Å². The molecule has 0 spiro atoms. The highest BCUT2D eigenvalue weighted by Crippen LogP contribution is 2.32. The Morgan fingerprint density at radius 1 is 1.13 bits per heavy atom. The van der Waals surface area contributed by atoms with E-state index < -0.39 is 17.8 Å². The summed E-state index contributed by atoms with van der Waals surface area (Å²) in [5.41, 5.74) is 0.0384. The number of ether oxygens (including phenoxy) is 1. The van der Waals surface area contributed by atoms with Crippen LogP contribution in [0.15, 0.2) is 42.9 Å². The molecular weight excluding hydrogens is 503 g/mol. The van der Waals surface area contributed by atoms with Crippen LogP contribution in [0.1, 0.15) is 18.2 Å². The minimum absolute atomic E-state index is 0.0170. The van der Waals surface area contributed by atoms with Gasteiger partial charge in [0.05, 0.1) is 24.3 Å². The number of aromatic nitrogens is 4. The quantitative estimate of drug-likeness (QED) is 0.473. The summed E-state index contributed by atoms with van der Waals surface area (Å²) in [6.45, 7) is 5.12. The monoisotopic (exact) mass is 527 g/mol. The maximum Gasteiger partial charge on any atom is 0.432 e. The molecule has 38 heavy (non-hydrogen) atoms. The number of nitrogens with one attached hydrogen (secondary N) is 2. The molecule has 0 saturated carbocycles. The van der Waals surface area contributed by atoms with Gasteiger partial charge in [0.25, 0.3) is 0 Å². The van der Waals surface area contributed by atoms with E-state index in [1.807, 2.05) is 0 Å². The molecule has 0 atom stereocenters. The summed E-state index contributed by atoms with van der Waals surface area (Å²) < 4.78 is 45.0. The molecule has 0 unspecified atom stereocenters. The number of carbonyl (C=O) groups excluding carboxylic acids is 2. The number of alkyl halides is 3. The number of nitrogens with zero attached hydrogens (tertiary/aromatic N) is 5. The van der Waals surface area contributed by atoms with Crippen LogP contribution in [0.4, 0.5) is 18.9 Å². The number of hydrogen-bond donors (Lipinski definition) is 2. The van der Waals surface area contributed by atoms with Crippen molar-refractivity contribution in [3.63, 3.8) is 0 Å². The Bertz CT molecular complexity index is 1340. The maximum atomic E-state index is 13.0. The first-order valence-corrected chi connectivity index (χ1v) is 11.7. The molecule has 0 aliphatic carbocycles. The van der Waals surface area contributed by atoms with E-state index in [1.165, 1.54) is 18.5 Å². The number of H-pyrrole nitrogens is 1. The maximum absolute atomic E-state index is 13.0. The molecule has 1 aliphatic rings. The number of imidazole rings is 1. The molecule has 0 radical (unpaired) electrons. The molecule has 1 aliphatic heterocycles. The minimum atomic E-state index is -4.57. The van der Waals surface area contributed by atoms with Crippen molar-refractivity contribution in [3.05, 3.63) is 54.1 Å². The van der Waals surface area contributed by atoms with Gasteiger partial charge in [0.15, 0.2) is 0 Å². The number of hydrogen-bond acceptors (Lipinski definition) is 7. The average Bonchev–Trinajstić information content (AvgIpc) is 3.40. The Balaban J connectivity index is 1.48. The molecule has 13 heteroatoms. The number of benzene rings is 1. The van der Waals surface area contributed by atoms with Gasteiger partial charge in [-0.1, -0.05) is 5.92 Å².